The van der Waals surface area contributed by atoms with Crippen molar-refractivity contribution in [2.75, 3.05) is 7.11 Å². The molecule has 1 aromatic heterocycles. The van der Waals surface area contributed by atoms with Gasteiger partial charge in [0.05, 0.1) is 0 Å². The van der Waals surface area contributed by atoms with Crippen molar-refractivity contribution in [2.24, 2.45) is 0 Å². The summed E-state index contributed by atoms with van der Waals surface area (Å²) in [6, 6.07) is 1.22. The Balaban J connectivity index is 2.39. The summed E-state index contributed by atoms with van der Waals surface area (Å²) in [4.78, 5) is 37.1. The van der Waals surface area contributed by atoms with Crippen LogP contribution in [0.4, 0.5) is 0 Å². The zero-order chi connectivity index (χ0) is 19.0. The zero-order valence-corrected chi connectivity index (χ0v) is 16.4. The van der Waals surface area contributed by atoms with E-state index in [1.54, 1.807) is 0 Å². The molecule has 1 fully saturated rings. The van der Waals surface area contributed by atoms with Crippen LogP contribution in [-0.4, -0.2) is 49.6 Å². The molecule has 25 heavy (non-hydrogen) atoms. The van der Waals surface area contributed by atoms with Gasteiger partial charge in [-0.1, -0.05) is 20.8 Å². The van der Waals surface area contributed by atoms with E-state index in [2.05, 4.69) is 38.8 Å². The van der Waals surface area contributed by atoms with Crippen LogP contribution in [0.3, 0.4) is 0 Å². The minimum Gasteiger partial charge on any atom is -0.408 e. The maximum absolute atomic E-state index is 12.1. The number of rotatable bonds is 5. The van der Waals surface area contributed by atoms with Crippen LogP contribution in [0.5, 0.6) is 0 Å². The van der Waals surface area contributed by atoms with Crippen LogP contribution in [0.2, 0.25) is 18.1 Å². The fraction of sp³-hybridized carbons (Fsp3) is 0.688. The molecule has 0 saturated carbocycles. The standard InChI is InChI=1S/C16H26N2O6Si/c1-16(2,3)25(5,6)24-12-10(9-19)23-14(13(12)22-4)18-8-7-11(20)17-15(18)21/h7-10,12-14H,1-6H3,(H,17,20,21)/t10-,12?,13?,14-/m1/s1. The first-order valence-electron chi connectivity index (χ1n) is 8.14. The van der Waals surface area contributed by atoms with Gasteiger partial charge in [-0.15, -0.1) is 0 Å². The number of ether oxygens (including phenoxy) is 2. The lowest BCUT2D eigenvalue weighted by atomic mass is 10.1. The summed E-state index contributed by atoms with van der Waals surface area (Å²) in [6.45, 7) is 10.4. The minimum atomic E-state index is -2.20. The highest BCUT2D eigenvalue weighted by atomic mass is 28.4. The first-order valence-corrected chi connectivity index (χ1v) is 11.1. The van der Waals surface area contributed by atoms with Crippen molar-refractivity contribution in [2.45, 2.75) is 63.4 Å². The molecule has 8 nitrogen and oxygen atoms in total. The topological polar surface area (TPSA) is 99.6 Å². The number of aromatic nitrogens is 2. The Morgan fingerprint density at radius 2 is 1.92 bits per heavy atom. The molecule has 2 heterocycles. The Kier molecular flexibility index (Phi) is 5.52. The lowest BCUT2D eigenvalue weighted by Crippen LogP contribution is -2.50. The molecule has 1 aromatic rings. The predicted molar refractivity (Wildman–Crippen MR) is 94.2 cm³/mol. The molecule has 0 amide bonds. The fourth-order valence-corrected chi connectivity index (χ4v) is 3.83. The second-order valence-electron chi connectivity index (χ2n) is 7.69. The first kappa shape index (κ1) is 19.8. The number of nitrogens with zero attached hydrogens (tertiary/aromatic N) is 1. The van der Waals surface area contributed by atoms with Crippen LogP contribution in [0, 0.1) is 0 Å². The highest BCUT2D eigenvalue weighted by molar-refractivity contribution is 6.74. The molecule has 2 unspecified atom stereocenters. The highest BCUT2D eigenvalue weighted by Gasteiger charge is 2.51. The first-order chi connectivity index (χ1) is 11.5. The molecule has 2 rings (SSSR count). The molecule has 0 aromatic carbocycles. The zero-order valence-electron chi connectivity index (χ0n) is 15.4. The van der Waals surface area contributed by atoms with E-state index >= 15 is 0 Å². The van der Waals surface area contributed by atoms with E-state index in [1.807, 2.05) is 0 Å². The van der Waals surface area contributed by atoms with E-state index in [4.69, 9.17) is 13.9 Å². The van der Waals surface area contributed by atoms with Gasteiger partial charge in [-0.25, -0.2) is 4.79 Å². The monoisotopic (exact) mass is 370 g/mol. The van der Waals surface area contributed by atoms with Gasteiger partial charge in [0.25, 0.3) is 5.56 Å². The van der Waals surface area contributed by atoms with Gasteiger partial charge >= 0.3 is 5.69 Å². The molecule has 0 spiro atoms. The van der Waals surface area contributed by atoms with Crippen LogP contribution in [-0.2, 0) is 18.7 Å². The molecule has 1 N–H and O–H groups in total. The van der Waals surface area contributed by atoms with Crippen LogP contribution in [0.25, 0.3) is 0 Å². The lowest BCUT2D eigenvalue weighted by Gasteiger charge is -2.39. The molecule has 140 valence electrons. The Morgan fingerprint density at radius 3 is 2.40 bits per heavy atom. The van der Waals surface area contributed by atoms with Gasteiger partial charge in [-0.3, -0.25) is 14.3 Å². The Hall–Kier alpha value is -1.55. The predicted octanol–water partition coefficient (Wildman–Crippen LogP) is 1.04. The number of aldehydes is 1. The van der Waals surface area contributed by atoms with Gasteiger partial charge in [-0.05, 0) is 18.1 Å². The molecular weight excluding hydrogens is 344 g/mol. The number of hydrogen-bond donors (Lipinski definition) is 1. The number of nitrogens with one attached hydrogen (secondary N) is 1. The Bertz CT molecular complexity index is 735. The van der Waals surface area contributed by atoms with Gasteiger partial charge in [0.15, 0.2) is 20.8 Å². The van der Waals surface area contributed by atoms with Gasteiger partial charge in [-0.2, -0.15) is 0 Å². The number of aromatic amines is 1. The Labute approximate surface area is 147 Å². The van der Waals surface area contributed by atoms with Gasteiger partial charge in [0, 0.05) is 19.4 Å². The van der Waals surface area contributed by atoms with Crippen molar-refractivity contribution >= 4 is 14.6 Å². The van der Waals surface area contributed by atoms with Gasteiger partial charge < -0.3 is 18.7 Å². The van der Waals surface area contributed by atoms with Crippen LogP contribution < -0.4 is 11.2 Å². The smallest absolute Gasteiger partial charge is 0.330 e. The van der Waals surface area contributed by atoms with Crippen molar-refractivity contribution in [1.29, 1.82) is 0 Å². The van der Waals surface area contributed by atoms with Gasteiger partial charge in [0.1, 0.15) is 18.3 Å². The largest absolute Gasteiger partial charge is 0.408 e. The number of carbonyl (C=O) groups excluding carboxylic acids is 1. The quantitative estimate of drug-likeness (QED) is 0.614. The molecule has 1 aliphatic heterocycles. The summed E-state index contributed by atoms with van der Waals surface area (Å²) in [5.74, 6) is 0. The summed E-state index contributed by atoms with van der Waals surface area (Å²) in [5.41, 5.74) is -1.13. The second-order valence-corrected chi connectivity index (χ2v) is 12.4. The molecule has 1 aliphatic rings. The number of carbonyl (C=O) groups is 1. The number of methoxy groups -OCH3 is 1. The third-order valence-electron chi connectivity index (χ3n) is 4.99. The van der Waals surface area contributed by atoms with E-state index in [0.29, 0.717) is 6.29 Å². The normalized spacial score (nSPS) is 27.4. The molecule has 1 saturated heterocycles. The minimum absolute atomic E-state index is 0.0639. The third-order valence-corrected chi connectivity index (χ3v) is 9.47. The second kappa shape index (κ2) is 6.98. The van der Waals surface area contributed by atoms with Crippen LogP contribution in [0.1, 0.15) is 27.0 Å². The third kappa shape index (κ3) is 3.84. The number of hydrogen-bond acceptors (Lipinski definition) is 6. The average molecular weight is 370 g/mol. The highest BCUT2D eigenvalue weighted by Crippen LogP contribution is 2.41. The SMILES string of the molecule is COC1C(O[Si](C)(C)C(C)(C)C)[C@@H](C=O)O[C@H]1n1ccc(=O)[nH]c1=O. The van der Waals surface area contributed by atoms with Crippen molar-refractivity contribution < 1.29 is 18.7 Å². The van der Waals surface area contributed by atoms with Crippen molar-refractivity contribution in [3.05, 3.63) is 33.1 Å². The molecule has 4 atom stereocenters. The van der Waals surface area contributed by atoms with Crippen LogP contribution in [0.15, 0.2) is 21.9 Å². The number of H-pyrrole nitrogens is 1. The summed E-state index contributed by atoms with van der Waals surface area (Å²) < 4.78 is 18.8. The van der Waals surface area contributed by atoms with Crippen molar-refractivity contribution in [1.82, 2.24) is 9.55 Å². The average Bonchev–Trinajstić information content (AvgIpc) is 2.82. The van der Waals surface area contributed by atoms with E-state index in [-0.39, 0.29) is 5.04 Å². The van der Waals surface area contributed by atoms with Crippen molar-refractivity contribution in [3.8, 4) is 0 Å². The molecule has 0 bridgehead atoms. The van der Waals surface area contributed by atoms with Gasteiger partial charge in [0.2, 0.25) is 0 Å². The lowest BCUT2D eigenvalue weighted by molar-refractivity contribution is -0.122. The maximum atomic E-state index is 12.1. The van der Waals surface area contributed by atoms with E-state index in [0.717, 1.165) is 0 Å². The van der Waals surface area contributed by atoms with Crippen molar-refractivity contribution in [3.63, 3.8) is 0 Å². The maximum Gasteiger partial charge on any atom is 0.330 e. The molecular formula is C16H26N2O6Si. The molecule has 9 heteroatoms. The summed E-state index contributed by atoms with van der Waals surface area (Å²) in [6.07, 6.45) is -1.02. The Morgan fingerprint density at radius 1 is 1.28 bits per heavy atom. The van der Waals surface area contributed by atoms with Crippen LogP contribution >= 0.6 is 0 Å². The van der Waals surface area contributed by atoms with E-state index < -0.39 is 44.1 Å². The summed E-state index contributed by atoms with van der Waals surface area (Å²) in [7, 11) is -0.724. The van der Waals surface area contributed by atoms with E-state index in [9.17, 15) is 14.4 Å². The molecule has 0 aliphatic carbocycles. The fourth-order valence-electron chi connectivity index (χ4n) is 2.53. The summed E-state index contributed by atoms with van der Waals surface area (Å²) >= 11 is 0. The molecule has 0 radical (unpaired) electrons. The van der Waals surface area contributed by atoms with E-state index in [1.165, 1.54) is 23.9 Å². The summed E-state index contributed by atoms with van der Waals surface area (Å²) in [5, 5.41) is -0.0639.